The first-order valence-electron chi connectivity index (χ1n) is 12.5. The van der Waals surface area contributed by atoms with Crippen LogP contribution in [0, 0.1) is 5.92 Å². The van der Waals surface area contributed by atoms with Crippen molar-refractivity contribution in [1.82, 2.24) is 5.32 Å². The van der Waals surface area contributed by atoms with Crippen LogP contribution in [0.3, 0.4) is 0 Å². The summed E-state index contributed by atoms with van der Waals surface area (Å²) in [4.78, 5) is 25.2. The Labute approximate surface area is 206 Å². The minimum atomic E-state index is -1.22. The van der Waals surface area contributed by atoms with Crippen LogP contribution < -0.4 is 14.8 Å². The van der Waals surface area contributed by atoms with Gasteiger partial charge in [0.1, 0.15) is 5.54 Å². The summed E-state index contributed by atoms with van der Waals surface area (Å²) in [6.07, 6.45) is 4.23. The maximum Gasteiger partial charge on any atom is 0.329 e. The quantitative estimate of drug-likeness (QED) is 0.516. The Hall–Kier alpha value is -3.06. The lowest BCUT2D eigenvalue weighted by molar-refractivity contribution is -0.146. The van der Waals surface area contributed by atoms with Crippen molar-refractivity contribution in [3.8, 4) is 11.5 Å². The van der Waals surface area contributed by atoms with E-state index in [4.69, 9.17) is 14.2 Å². The summed E-state index contributed by atoms with van der Waals surface area (Å²) < 4.78 is 16.7. The van der Waals surface area contributed by atoms with Gasteiger partial charge in [0.2, 0.25) is 0 Å². The van der Waals surface area contributed by atoms with Gasteiger partial charge in [0.25, 0.3) is 5.91 Å². The Morgan fingerprint density at radius 1 is 1.11 bits per heavy atom. The van der Waals surface area contributed by atoms with Crippen molar-refractivity contribution in [2.75, 3.05) is 26.9 Å². The molecule has 2 aromatic rings. The van der Waals surface area contributed by atoms with E-state index in [9.17, 15) is 14.7 Å². The van der Waals surface area contributed by atoms with Gasteiger partial charge in [-0.05, 0) is 60.9 Å². The molecule has 2 fully saturated rings. The number of carboxylic acids is 1. The molecule has 1 saturated carbocycles. The molecular formula is C28H35NO6. The SMILES string of the molecule is CCC1CCC(NC(=O)c2ccc(OC)c(OCCc3cccc(C4COC4)c3)c2)(C(=O)O)CC1. The number of aliphatic carboxylic acids is 1. The molecule has 7 heteroatoms. The average molecular weight is 482 g/mol. The largest absolute Gasteiger partial charge is 0.493 e. The van der Waals surface area contributed by atoms with Crippen LogP contribution >= 0.6 is 0 Å². The average Bonchev–Trinajstić information content (AvgIpc) is 2.83. The van der Waals surface area contributed by atoms with E-state index in [2.05, 4.69) is 36.5 Å². The molecule has 1 aliphatic carbocycles. The Bertz CT molecular complexity index is 1040. The van der Waals surface area contributed by atoms with Crippen LogP contribution in [0.4, 0.5) is 0 Å². The minimum Gasteiger partial charge on any atom is -0.493 e. The number of hydrogen-bond acceptors (Lipinski definition) is 5. The molecule has 1 heterocycles. The Morgan fingerprint density at radius 3 is 2.51 bits per heavy atom. The predicted octanol–water partition coefficient (Wildman–Crippen LogP) is 4.58. The van der Waals surface area contributed by atoms with Crippen molar-refractivity contribution in [1.29, 1.82) is 0 Å². The highest BCUT2D eigenvalue weighted by molar-refractivity contribution is 5.98. The lowest BCUT2D eigenvalue weighted by atomic mass is 9.75. The van der Waals surface area contributed by atoms with Crippen LogP contribution in [0.25, 0.3) is 0 Å². The van der Waals surface area contributed by atoms with Gasteiger partial charge in [-0.1, -0.05) is 37.6 Å². The number of carboxylic acid groups (broad SMARTS) is 1. The maximum absolute atomic E-state index is 13.1. The van der Waals surface area contributed by atoms with Crippen LogP contribution in [-0.4, -0.2) is 49.5 Å². The van der Waals surface area contributed by atoms with Crippen LogP contribution in [0.5, 0.6) is 11.5 Å². The number of hydrogen-bond donors (Lipinski definition) is 2. The summed E-state index contributed by atoms with van der Waals surface area (Å²) in [5, 5.41) is 12.7. The van der Waals surface area contributed by atoms with E-state index in [1.807, 2.05) is 0 Å². The Morgan fingerprint density at radius 2 is 1.89 bits per heavy atom. The van der Waals surface area contributed by atoms with Gasteiger partial charge in [-0.3, -0.25) is 4.79 Å². The summed E-state index contributed by atoms with van der Waals surface area (Å²) in [6, 6.07) is 13.4. The molecule has 0 bridgehead atoms. The molecule has 0 unspecified atom stereocenters. The first-order chi connectivity index (χ1) is 16.9. The number of methoxy groups -OCH3 is 1. The molecule has 2 aliphatic rings. The summed E-state index contributed by atoms with van der Waals surface area (Å²) in [5.41, 5.74) is 1.59. The van der Waals surface area contributed by atoms with Gasteiger partial charge < -0.3 is 24.6 Å². The number of nitrogens with one attached hydrogen (secondary N) is 1. The fourth-order valence-electron chi connectivity index (χ4n) is 4.90. The molecule has 0 aromatic heterocycles. The third-order valence-electron chi connectivity index (χ3n) is 7.43. The number of rotatable bonds is 10. The zero-order valence-corrected chi connectivity index (χ0v) is 20.5. The minimum absolute atomic E-state index is 0.353. The smallest absolute Gasteiger partial charge is 0.329 e. The van der Waals surface area contributed by atoms with Crippen LogP contribution in [0.2, 0.25) is 0 Å². The van der Waals surface area contributed by atoms with Crippen molar-refractivity contribution in [3.05, 3.63) is 59.2 Å². The number of amides is 1. The molecular weight excluding hydrogens is 446 g/mol. The van der Waals surface area contributed by atoms with Gasteiger partial charge >= 0.3 is 5.97 Å². The number of carbonyl (C=O) groups excluding carboxylic acids is 1. The van der Waals surface area contributed by atoms with E-state index in [0.717, 1.165) is 32.5 Å². The number of ether oxygens (including phenoxy) is 3. The Balaban J connectivity index is 1.41. The van der Waals surface area contributed by atoms with Crippen molar-refractivity contribution in [2.45, 2.75) is 56.9 Å². The van der Waals surface area contributed by atoms with Gasteiger partial charge in [0, 0.05) is 17.9 Å². The summed E-state index contributed by atoms with van der Waals surface area (Å²) in [6.45, 7) is 4.09. The zero-order chi connectivity index (χ0) is 24.8. The van der Waals surface area contributed by atoms with Crippen molar-refractivity contribution >= 4 is 11.9 Å². The first-order valence-corrected chi connectivity index (χ1v) is 12.5. The topological polar surface area (TPSA) is 94.1 Å². The van der Waals surface area contributed by atoms with Gasteiger partial charge in [0.15, 0.2) is 11.5 Å². The highest BCUT2D eigenvalue weighted by atomic mass is 16.5. The van der Waals surface area contributed by atoms with Crippen LogP contribution in [0.1, 0.15) is 66.4 Å². The van der Waals surface area contributed by atoms with Gasteiger partial charge in [-0.15, -0.1) is 0 Å². The Kier molecular flexibility index (Phi) is 7.96. The van der Waals surface area contributed by atoms with E-state index in [0.29, 0.717) is 54.8 Å². The standard InChI is InChI=1S/C28H35NO6/c1-3-19-9-12-28(13-10-19,27(31)32)29-26(30)22-7-8-24(33-2)25(16-22)35-14-11-20-5-4-6-21(15-20)23-17-34-18-23/h4-8,15-16,19,23H,3,9-14,17-18H2,1-2H3,(H,29,30)(H,31,32). The molecule has 2 N–H and O–H groups in total. The normalized spacial score (nSPS) is 22.2. The molecule has 1 saturated heterocycles. The summed E-state index contributed by atoms with van der Waals surface area (Å²) in [5.74, 6) is 0.591. The van der Waals surface area contributed by atoms with Gasteiger partial charge in [-0.25, -0.2) is 4.79 Å². The maximum atomic E-state index is 13.1. The second-order valence-corrected chi connectivity index (χ2v) is 9.64. The van der Waals surface area contributed by atoms with Crippen molar-refractivity contribution < 1.29 is 28.9 Å². The molecule has 188 valence electrons. The summed E-state index contributed by atoms with van der Waals surface area (Å²) in [7, 11) is 1.55. The number of carbonyl (C=O) groups is 2. The monoisotopic (exact) mass is 481 g/mol. The van der Waals surface area contributed by atoms with E-state index in [1.165, 1.54) is 11.1 Å². The van der Waals surface area contributed by atoms with Crippen LogP contribution in [0.15, 0.2) is 42.5 Å². The molecule has 2 aromatic carbocycles. The lowest BCUT2D eigenvalue weighted by Crippen LogP contribution is -2.56. The van der Waals surface area contributed by atoms with Gasteiger partial charge in [0.05, 0.1) is 26.9 Å². The molecule has 1 aliphatic heterocycles. The molecule has 4 rings (SSSR count). The second kappa shape index (κ2) is 11.1. The predicted molar refractivity (Wildman–Crippen MR) is 132 cm³/mol. The van der Waals surface area contributed by atoms with Crippen LogP contribution in [-0.2, 0) is 16.0 Å². The molecule has 0 atom stereocenters. The third kappa shape index (κ3) is 5.78. The van der Waals surface area contributed by atoms with Crippen molar-refractivity contribution in [2.24, 2.45) is 5.92 Å². The molecule has 7 nitrogen and oxygen atoms in total. The van der Waals surface area contributed by atoms with Crippen molar-refractivity contribution in [3.63, 3.8) is 0 Å². The fraction of sp³-hybridized carbons (Fsp3) is 0.500. The lowest BCUT2D eigenvalue weighted by Gasteiger charge is -2.37. The molecule has 0 spiro atoms. The number of benzene rings is 2. The molecule has 1 amide bonds. The summed E-state index contributed by atoms with van der Waals surface area (Å²) >= 11 is 0. The van der Waals surface area contributed by atoms with E-state index in [-0.39, 0.29) is 0 Å². The highest BCUT2D eigenvalue weighted by Gasteiger charge is 2.43. The van der Waals surface area contributed by atoms with E-state index in [1.54, 1.807) is 25.3 Å². The first kappa shape index (κ1) is 25.0. The van der Waals surface area contributed by atoms with E-state index < -0.39 is 17.4 Å². The second-order valence-electron chi connectivity index (χ2n) is 9.64. The fourth-order valence-corrected chi connectivity index (χ4v) is 4.90. The molecule has 35 heavy (non-hydrogen) atoms. The highest BCUT2D eigenvalue weighted by Crippen LogP contribution is 2.35. The zero-order valence-electron chi connectivity index (χ0n) is 20.5. The molecule has 0 radical (unpaired) electrons. The van der Waals surface area contributed by atoms with Gasteiger partial charge in [-0.2, -0.15) is 0 Å². The van der Waals surface area contributed by atoms with E-state index >= 15 is 0 Å². The third-order valence-corrected chi connectivity index (χ3v) is 7.43.